The van der Waals surface area contributed by atoms with Crippen LogP contribution < -0.4 is 4.74 Å². The third kappa shape index (κ3) is 4.18. The Bertz CT molecular complexity index is 1620. The predicted molar refractivity (Wildman–Crippen MR) is 143 cm³/mol. The molecule has 36 heavy (non-hydrogen) atoms. The Morgan fingerprint density at radius 2 is 1.33 bits per heavy atom. The summed E-state index contributed by atoms with van der Waals surface area (Å²) in [6, 6.07) is 36.7. The van der Waals surface area contributed by atoms with Crippen molar-refractivity contribution in [1.82, 2.24) is 19.3 Å². The first-order chi connectivity index (χ1) is 17.8. The number of nitrogens with zero attached hydrogens (tertiary/aromatic N) is 4. The average molecular weight is 469 g/mol. The van der Waals surface area contributed by atoms with Gasteiger partial charge in [-0.25, -0.2) is 9.67 Å². The molecule has 174 valence electrons. The highest BCUT2D eigenvalue weighted by Gasteiger charge is 2.16. The lowest BCUT2D eigenvalue weighted by atomic mass is 10.0. The zero-order valence-electron chi connectivity index (χ0n) is 19.8. The van der Waals surface area contributed by atoms with Crippen LogP contribution in [-0.4, -0.2) is 19.3 Å². The maximum absolute atomic E-state index is 6.28. The van der Waals surface area contributed by atoms with Crippen LogP contribution in [-0.2, 0) is 7.05 Å². The van der Waals surface area contributed by atoms with E-state index >= 15 is 0 Å². The SMILES string of the molecule is Cn1ccnc1-c1cccc(Oc2cccc(-n3ncc(-c4ccccc4)c3-c3ccccc3)c2)c1. The van der Waals surface area contributed by atoms with Gasteiger partial charge >= 0.3 is 0 Å². The first kappa shape index (κ1) is 21.6. The molecule has 0 N–H and O–H groups in total. The van der Waals surface area contributed by atoms with E-state index in [4.69, 9.17) is 9.84 Å². The predicted octanol–water partition coefficient (Wildman–Crippen LogP) is 7.40. The fraction of sp³-hybridized carbons (Fsp3) is 0.0323. The lowest BCUT2D eigenvalue weighted by Crippen LogP contribution is -2.00. The maximum atomic E-state index is 6.28. The molecule has 0 saturated carbocycles. The molecule has 0 unspecified atom stereocenters. The summed E-state index contributed by atoms with van der Waals surface area (Å²) in [6.45, 7) is 0. The third-order valence-corrected chi connectivity index (χ3v) is 6.11. The number of hydrogen-bond donors (Lipinski definition) is 0. The molecular weight excluding hydrogens is 444 g/mol. The van der Waals surface area contributed by atoms with Gasteiger partial charge in [0.05, 0.1) is 17.6 Å². The van der Waals surface area contributed by atoms with Crippen LogP contribution in [0.25, 0.3) is 39.5 Å². The summed E-state index contributed by atoms with van der Waals surface area (Å²) in [4.78, 5) is 4.45. The van der Waals surface area contributed by atoms with Gasteiger partial charge in [-0.05, 0) is 29.8 Å². The van der Waals surface area contributed by atoms with E-state index in [2.05, 4.69) is 53.5 Å². The van der Waals surface area contributed by atoms with Crippen molar-refractivity contribution in [2.75, 3.05) is 0 Å². The van der Waals surface area contributed by atoms with E-state index in [9.17, 15) is 0 Å². The van der Waals surface area contributed by atoms with Gasteiger partial charge < -0.3 is 9.30 Å². The van der Waals surface area contributed by atoms with E-state index in [1.54, 1.807) is 6.20 Å². The fourth-order valence-corrected chi connectivity index (χ4v) is 4.40. The van der Waals surface area contributed by atoms with Crippen LogP contribution in [0, 0.1) is 0 Å². The molecule has 0 radical (unpaired) electrons. The minimum absolute atomic E-state index is 0.736. The summed E-state index contributed by atoms with van der Waals surface area (Å²) in [5.41, 5.74) is 6.27. The molecule has 6 rings (SSSR count). The Kier molecular flexibility index (Phi) is 5.64. The second-order valence-electron chi connectivity index (χ2n) is 8.54. The van der Waals surface area contributed by atoms with Crippen LogP contribution in [0.2, 0.25) is 0 Å². The van der Waals surface area contributed by atoms with Crippen molar-refractivity contribution in [1.29, 1.82) is 0 Å². The van der Waals surface area contributed by atoms with E-state index in [0.29, 0.717) is 0 Å². The van der Waals surface area contributed by atoms with Crippen molar-refractivity contribution in [3.05, 3.63) is 128 Å². The van der Waals surface area contributed by atoms with Crippen molar-refractivity contribution >= 4 is 0 Å². The van der Waals surface area contributed by atoms with Crippen LogP contribution in [0.4, 0.5) is 0 Å². The molecule has 0 aliphatic carbocycles. The van der Waals surface area contributed by atoms with Gasteiger partial charge in [-0.2, -0.15) is 5.10 Å². The number of aromatic nitrogens is 4. The monoisotopic (exact) mass is 468 g/mol. The molecule has 0 aliphatic heterocycles. The first-order valence-electron chi connectivity index (χ1n) is 11.8. The number of aryl methyl sites for hydroxylation is 1. The molecule has 5 nitrogen and oxygen atoms in total. The maximum Gasteiger partial charge on any atom is 0.139 e. The zero-order chi connectivity index (χ0) is 24.3. The molecule has 0 bridgehead atoms. The molecule has 6 aromatic rings. The average Bonchev–Trinajstić information content (AvgIpc) is 3.57. The smallest absolute Gasteiger partial charge is 0.139 e. The van der Waals surface area contributed by atoms with Gasteiger partial charge in [-0.15, -0.1) is 0 Å². The van der Waals surface area contributed by atoms with E-state index in [0.717, 1.165) is 51.0 Å². The molecule has 0 fully saturated rings. The van der Waals surface area contributed by atoms with Crippen molar-refractivity contribution in [2.45, 2.75) is 0 Å². The van der Waals surface area contributed by atoms with Crippen LogP contribution in [0.1, 0.15) is 0 Å². The van der Waals surface area contributed by atoms with Crippen molar-refractivity contribution < 1.29 is 4.74 Å². The van der Waals surface area contributed by atoms with Gasteiger partial charge in [0.2, 0.25) is 0 Å². The molecular formula is C31H24N4O. The lowest BCUT2D eigenvalue weighted by Gasteiger charge is -2.13. The summed E-state index contributed by atoms with van der Waals surface area (Å²) in [5.74, 6) is 2.38. The van der Waals surface area contributed by atoms with Crippen LogP contribution in [0.3, 0.4) is 0 Å². The number of hydrogen-bond acceptors (Lipinski definition) is 3. The molecule has 2 heterocycles. The van der Waals surface area contributed by atoms with E-state index in [1.165, 1.54) is 0 Å². The zero-order valence-corrected chi connectivity index (χ0v) is 19.8. The minimum Gasteiger partial charge on any atom is -0.457 e. The van der Waals surface area contributed by atoms with Crippen molar-refractivity contribution in [3.8, 4) is 51.0 Å². The summed E-state index contributed by atoms with van der Waals surface area (Å²) in [5, 5.41) is 4.79. The number of imidazole rings is 1. The summed E-state index contributed by atoms with van der Waals surface area (Å²) in [7, 11) is 1.98. The quantitative estimate of drug-likeness (QED) is 0.256. The highest BCUT2D eigenvalue weighted by atomic mass is 16.5. The topological polar surface area (TPSA) is 44.9 Å². The van der Waals surface area contributed by atoms with Crippen LogP contribution in [0.15, 0.2) is 128 Å². The van der Waals surface area contributed by atoms with Crippen LogP contribution in [0.5, 0.6) is 11.5 Å². The largest absolute Gasteiger partial charge is 0.457 e. The van der Waals surface area contributed by atoms with Gasteiger partial charge in [0.15, 0.2) is 0 Å². The van der Waals surface area contributed by atoms with Crippen LogP contribution >= 0.6 is 0 Å². The normalized spacial score (nSPS) is 10.9. The Hall–Kier alpha value is -4.90. The third-order valence-electron chi connectivity index (χ3n) is 6.11. The lowest BCUT2D eigenvalue weighted by molar-refractivity contribution is 0.482. The number of ether oxygens (including phenoxy) is 1. The van der Waals surface area contributed by atoms with E-state index in [-0.39, 0.29) is 0 Å². The Morgan fingerprint density at radius 1 is 0.667 bits per heavy atom. The number of rotatable bonds is 6. The molecule has 4 aromatic carbocycles. The Balaban J connectivity index is 1.38. The second kappa shape index (κ2) is 9.39. The van der Waals surface area contributed by atoms with Gasteiger partial charge in [0.25, 0.3) is 0 Å². The first-order valence-corrected chi connectivity index (χ1v) is 11.8. The minimum atomic E-state index is 0.736. The molecule has 0 aliphatic rings. The molecule has 2 aromatic heterocycles. The van der Waals surface area contributed by atoms with Crippen molar-refractivity contribution in [2.24, 2.45) is 7.05 Å². The van der Waals surface area contributed by atoms with Gasteiger partial charge in [0, 0.05) is 42.2 Å². The summed E-state index contributed by atoms with van der Waals surface area (Å²) in [6.07, 6.45) is 5.66. The highest BCUT2D eigenvalue weighted by molar-refractivity contribution is 5.82. The summed E-state index contributed by atoms with van der Waals surface area (Å²) < 4.78 is 10.3. The van der Waals surface area contributed by atoms with E-state index in [1.807, 2.05) is 89.4 Å². The van der Waals surface area contributed by atoms with Gasteiger partial charge in [-0.1, -0.05) is 78.9 Å². The van der Waals surface area contributed by atoms with Gasteiger partial charge in [0.1, 0.15) is 17.3 Å². The second-order valence-corrected chi connectivity index (χ2v) is 8.54. The molecule has 5 heteroatoms. The molecule has 0 spiro atoms. The highest BCUT2D eigenvalue weighted by Crippen LogP contribution is 2.35. The Labute approximate surface area is 209 Å². The summed E-state index contributed by atoms with van der Waals surface area (Å²) >= 11 is 0. The standard InChI is InChI=1S/C31H24N4O/c1-34-19-18-32-31(34)25-14-8-16-27(20-25)36-28-17-9-15-26(21-28)35-30(24-12-6-3-7-13-24)29(22-33-35)23-10-4-2-5-11-23/h2-22H,1H3. The molecule has 0 saturated heterocycles. The van der Waals surface area contributed by atoms with Gasteiger partial charge in [-0.3, -0.25) is 0 Å². The van der Waals surface area contributed by atoms with E-state index < -0.39 is 0 Å². The molecule has 0 amide bonds. The Morgan fingerprint density at radius 3 is 2.06 bits per heavy atom. The van der Waals surface area contributed by atoms with Crippen molar-refractivity contribution in [3.63, 3.8) is 0 Å². The fourth-order valence-electron chi connectivity index (χ4n) is 4.40. The number of benzene rings is 4. The molecule has 0 atom stereocenters.